The molecule has 7 rings (SSSR count). The number of benzene rings is 2. The molecular weight excluding hydrogens is 655 g/mol. The van der Waals surface area contributed by atoms with Crippen LogP contribution < -0.4 is 14.8 Å². The number of aromatic nitrogens is 2. The SMILES string of the molecule is Cc1cccc(C)c1-c1cc2nc(n1)NS(=O)(=O)c1cccc(c1)C(=O)N(C1CC3(CC(NC(=O)OC4CCC4)C3)C1)[C@H](CC(C)(C)C)CO2. The van der Waals surface area contributed by atoms with Gasteiger partial charge in [0.25, 0.3) is 15.9 Å². The first-order valence-electron chi connectivity index (χ1n) is 17.7. The Bertz CT molecular complexity index is 1890. The van der Waals surface area contributed by atoms with Gasteiger partial charge in [-0.25, -0.2) is 22.9 Å². The summed E-state index contributed by atoms with van der Waals surface area (Å²) in [4.78, 5) is 38.0. The van der Waals surface area contributed by atoms with Gasteiger partial charge in [0, 0.05) is 29.3 Å². The second kappa shape index (κ2) is 12.9. The molecule has 266 valence electrons. The Hall–Kier alpha value is -4.19. The van der Waals surface area contributed by atoms with E-state index < -0.39 is 10.0 Å². The van der Waals surface area contributed by atoms with Crippen LogP contribution >= 0.6 is 0 Å². The second-order valence-electron chi connectivity index (χ2n) is 16.0. The normalized spacial score (nSPS) is 26.1. The quantitative estimate of drug-likeness (QED) is 0.297. The number of hydrogen-bond donors (Lipinski definition) is 2. The third-order valence-corrected chi connectivity index (χ3v) is 12.0. The average Bonchev–Trinajstić information content (AvgIpc) is 2.98. The van der Waals surface area contributed by atoms with Crippen LogP contribution in [0.5, 0.6) is 5.88 Å². The topological polar surface area (TPSA) is 140 Å². The van der Waals surface area contributed by atoms with Crippen LogP contribution in [0.15, 0.2) is 53.4 Å². The lowest BCUT2D eigenvalue weighted by molar-refractivity contribution is -0.0800. The summed E-state index contributed by atoms with van der Waals surface area (Å²) in [5.41, 5.74) is 3.57. The van der Waals surface area contributed by atoms with E-state index in [9.17, 15) is 18.0 Å². The Labute approximate surface area is 294 Å². The Morgan fingerprint density at radius 2 is 1.74 bits per heavy atom. The molecule has 2 N–H and O–H groups in total. The fourth-order valence-corrected chi connectivity index (χ4v) is 9.16. The van der Waals surface area contributed by atoms with Gasteiger partial charge in [-0.1, -0.05) is 45.0 Å². The summed E-state index contributed by atoms with van der Waals surface area (Å²) >= 11 is 0. The highest BCUT2D eigenvalue weighted by Gasteiger charge is 2.56. The van der Waals surface area contributed by atoms with E-state index in [1.54, 1.807) is 18.2 Å². The highest BCUT2D eigenvalue weighted by atomic mass is 32.2. The van der Waals surface area contributed by atoms with Crippen molar-refractivity contribution in [3.05, 3.63) is 65.2 Å². The van der Waals surface area contributed by atoms with Crippen LogP contribution in [0.1, 0.15) is 93.6 Å². The van der Waals surface area contributed by atoms with E-state index in [0.717, 1.165) is 61.6 Å². The zero-order valence-corrected chi connectivity index (χ0v) is 30.3. The molecule has 3 aliphatic carbocycles. The number of ether oxygens (including phenoxy) is 2. The van der Waals surface area contributed by atoms with Crippen molar-refractivity contribution in [1.29, 1.82) is 0 Å². The maximum atomic E-state index is 14.6. The minimum atomic E-state index is -4.15. The Morgan fingerprint density at radius 1 is 1.04 bits per heavy atom. The number of rotatable bonds is 5. The van der Waals surface area contributed by atoms with Gasteiger partial charge in [-0.3, -0.25) is 4.79 Å². The zero-order valence-electron chi connectivity index (χ0n) is 29.5. The van der Waals surface area contributed by atoms with Crippen LogP contribution in [0.2, 0.25) is 0 Å². The summed E-state index contributed by atoms with van der Waals surface area (Å²) < 4.78 is 41.9. The molecule has 2 heterocycles. The third kappa shape index (κ3) is 7.04. The summed E-state index contributed by atoms with van der Waals surface area (Å²) in [7, 11) is -4.15. The number of hydrogen-bond acceptors (Lipinski definition) is 8. The molecule has 1 aromatic heterocycles. The molecule has 3 saturated carbocycles. The van der Waals surface area contributed by atoms with Gasteiger partial charge >= 0.3 is 6.09 Å². The number of nitrogens with zero attached hydrogens (tertiary/aromatic N) is 3. The third-order valence-electron chi connectivity index (χ3n) is 10.7. The predicted molar refractivity (Wildman–Crippen MR) is 189 cm³/mol. The molecule has 2 aromatic carbocycles. The molecule has 0 saturated heterocycles. The molecule has 12 heteroatoms. The lowest BCUT2D eigenvalue weighted by atomic mass is 9.51. The lowest BCUT2D eigenvalue weighted by Crippen LogP contribution is -2.64. The average molecular weight is 702 g/mol. The van der Waals surface area contributed by atoms with Crippen LogP contribution in [-0.2, 0) is 14.8 Å². The molecular formula is C38H47N5O6S. The van der Waals surface area contributed by atoms with Crippen molar-refractivity contribution in [2.45, 2.75) is 115 Å². The van der Waals surface area contributed by atoms with Gasteiger partial charge in [-0.2, -0.15) is 4.98 Å². The smallest absolute Gasteiger partial charge is 0.407 e. The number of fused-ring (bicyclic) bond motifs is 4. The van der Waals surface area contributed by atoms with Crippen LogP contribution in [0, 0.1) is 24.7 Å². The van der Waals surface area contributed by atoms with Gasteiger partial charge in [0.1, 0.15) is 12.7 Å². The fraction of sp³-hybridized carbons (Fsp3) is 0.526. The second-order valence-corrected chi connectivity index (χ2v) is 17.7. The summed E-state index contributed by atoms with van der Waals surface area (Å²) in [6.07, 6.45) is 6.61. The largest absolute Gasteiger partial charge is 0.475 e. The number of nitrogens with one attached hydrogen (secondary N) is 2. The highest BCUT2D eigenvalue weighted by Crippen LogP contribution is 2.58. The minimum absolute atomic E-state index is 0.0414. The zero-order chi connectivity index (χ0) is 35.4. The number of amides is 2. The molecule has 0 radical (unpaired) electrons. The molecule has 1 spiro atoms. The standard InChI is InChI=1S/C38H47N5O6S/c1-23-9-6-10-24(2)33(23)31-16-32-41-35(40-31)42-50(46,47)30-14-7-11-25(15-30)34(44)43(28(22-48-32)19-37(3,4)5)27-20-38(21-27)17-26(18-38)39-36(45)49-29-12-8-13-29/h6-7,9-11,14-16,26-29H,8,12-13,17-22H2,1-5H3,(H,39,45)(H,40,41,42)/t26?,27?,28-,38?/m1/s1. The van der Waals surface area contributed by atoms with Crippen molar-refractivity contribution in [3.63, 3.8) is 0 Å². The van der Waals surface area contributed by atoms with Crippen LogP contribution in [0.3, 0.4) is 0 Å². The number of carbonyl (C=O) groups excluding carboxylic acids is 2. The Balaban J connectivity index is 1.20. The van der Waals surface area contributed by atoms with E-state index >= 15 is 0 Å². The first-order chi connectivity index (χ1) is 23.7. The van der Waals surface area contributed by atoms with Gasteiger partial charge in [-0.05, 0) is 105 Å². The van der Waals surface area contributed by atoms with E-state index in [-0.39, 0.29) is 70.4 Å². The number of sulfonamides is 1. The lowest BCUT2D eigenvalue weighted by Gasteiger charge is -2.60. The van der Waals surface area contributed by atoms with Crippen molar-refractivity contribution < 1.29 is 27.5 Å². The van der Waals surface area contributed by atoms with Gasteiger partial charge in [0.05, 0.1) is 16.6 Å². The maximum absolute atomic E-state index is 14.6. The monoisotopic (exact) mass is 701 g/mol. The summed E-state index contributed by atoms with van der Waals surface area (Å²) in [5, 5.41) is 3.04. The number of aryl methyl sites for hydroxylation is 2. The van der Waals surface area contributed by atoms with Crippen molar-refractivity contribution in [2.75, 3.05) is 11.3 Å². The van der Waals surface area contributed by atoms with Crippen LogP contribution in [0.25, 0.3) is 11.3 Å². The maximum Gasteiger partial charge on any atom is 0.407 e. The van der Waals surface area contributed by atoms with Crippen LogP contribution in [-0.4, -0.2) is 66.1 Å². The number of carbonyl (C=O) groups is 2. The van der Waals surface area contributed by atoms with Gasteiger partial charge in [0.15, 0.2) is 0 Å². The van der Waals surface area contributed by atoms with Gasteiger partial charge in [0.2, 0.25) is 11.8 Å². The molecule has 4 bridgehead atoms. The molecule has 11 nitrogen and oxygen atoms in total. The van der Waals surface area contributed by atoms with Crippen molar-refractivity contribution in [1.82, 2.24) is 20.2 Å². The highest BCUT2D eigenvalue weighted by molar-refractivity contribution is 7.92. The predicted octanol–water partition coefficient (Wildman–Crippen LogP) is 6.79. The first kappa shape index (κ1) is 34.3. The summed E-state index contributed by atoms with van der Waals surface area (Å²) in [6, 6.07) is 13.5. The van der Waals surface area contributed by atoms with Crippen molar-refractivity contribution in [3.8, 4) is 17.1 Å². The minimum Gasteiger partial charge on any atom is -0.475 e. The van der Waals surface area contributed by atoms with Gasteiger partial charge in [-0.15, -0.1) is 0 Å². The molecule has 50 heavy (non-hydrogen) atoms. The van der Waals surface area contributed by atoms with E-state index in [0.29, 0.717) is 17.7 Å². The fourth-order valence-electron chi connectivity index (χ4n) is 8.17. The van der Waals surface area contributed by atoms with Crippen molar-refractivity contribution >= 4 is 28.0 Å². The van der Waals surface area contributed by atoms with Crippen molar-refractivity contribution in [2.24, 2.45) is 10.8 Å². The van der Waals surface area contributed by atoms with E-state index in [1.807, 2.05) is 36.9 Å². The molecule has 3 fully saturated rings. The summed E-state index contributed by atoms with van der Waals surface area (Å²) in [5.74, 6) is -0.114. The molecule has 2 amide bonds. The Morgan fingerprint density at radius 3 is 2.40 bits per heavy atom. The molecule has 4 aliphatic rings. The number of alkyl carbamates (subject to hydrolysis) is 1. The Kier molecular flexibility index (Phi) is 8.81. The molecule has 3 aromatic rings. The van der Waals surface area contributed by atoms with E-state index in [2.05, 4.69) is 40.8 Å². The van der Waals surface area contributed by atoms with Crippen LogP contribution in [0.4, 0.5) is 10.7 Å². The first-order valence-corrected chi connectivity index (χ1v) is 19.2. The molecule has 0 unspecified atom stereocenters. The number of anilines is 1. The summed E-state index contributed by atoms with van der Waals surface area (Å²) in [6.45, 7) is 10.6. The van der Waals surface area contributed by atoms with E-state index in [1.165, 1.54) is 12.1 Å². The molecule has 1 atom stereocenters. The molecule has 1 aliphatic heterocycles. The van der Waals surface area contributed by atoms with Gasteiger partial charge < -0.3 is 19.7 Å². The van der Waals surface area contributed by atoms with E-state index in [4.69, 9.17) is 9.47 Å².